The van der Waals surface area contributed by atoms with Gasteiger partial charge in [0.25, 0.3) is 0 Å². The maximum absolute atomic E-state index is 11.2. The van der Waals surface area contributed by atoms with Crippen LogP contribution < -0.4 is 11.5 Å². The fourth-order valence-corrected chi connectivity index (χ4v) is 1.39. The number of aliphatic carboxylic acids is 1. The fourth-order valence-electron chi connectivity index (χ4n) is 1.39. The zero-order chi connectivity index (χ0) is 14.8. The van der Waals surface area contributed by atoms with Gasteiger partial charge in [-0.3, -0.25) is 0 Å². The Morgan fingerprint density at radius 2 is 1.68 bits per heavy atom. The van der Waals surface area contributed by atoms with Crippen LogP contribution in [0.4, 0.5) is 0 Å². The van der Waals surface area contributed by atoms with Gasteiger partial charge in [-0.15, -0.1) is 0 Å². The standard InChI is InChI=1S/C11H22N2O6/c12-5-1-3-7(13)4-2-6-19-11(18)9(15)8(14)10(16)17/h7-9,14-15H,1-6,12-13H2,(H,16,17). The van der Waals surface area contributed by atoms with Crippen molar-refractivity contribution in [3.05, 3.63) is 0 Å². The quantitative estimate of drug-likeness (QED) is 0.231. The van der Waals surface area contributed by atoms with E-state index in [0.29, 0.717) is 19.4 Å². The van der Waals surface area contributed by atoms with Gasteiger partial charge in [-0.2, -0.15) is 0 Å². The van der Waals surface area contributed by atoms with Gasteiger partial charge in [0.15, 0.2) is 12.2 Å². The van der Waals surface area contributed by atoms with E-state index in [1.54, 1.807) is 0 Å². The van der Waals surface area contributed by atoms with Crippen LogP contribution in [0, 0.1) is 0 Å². The van der Waals surface area contributed by atoms with Crippen LogP contribution in [0.15, 0.2) is 0 Å². The summed E-state index contributed by atoms with van der Waals surface area (Å²) < 4.78 is 4.64. The Morgan fingerprint density at radius 1 is 1.11 bits per heavy atom. The Kier molecular flexibility index (Phi) is 9.06. The molecule has 8 heteroatoms. The van der Waals surface area contributed by atoms with E-state index in [4.69, 9.17) is 26.8 Å². The Bertz CT molecular complexity index is 286. The number of hydrogen-bond acceptors (Lipinski definition) is 7. The van der Waals surface area contributed by atoms with Crippen LogP contribution in [0.5, 0.6) is 0 Å². The molecule has 0 bridgehead atoms. The van der Waals surface area contributed by atoms with Crippen molar-refractivity contribution in [2.75, 3.05) is 13.2 Å². The average molecular weight is 278 g/mol. The first-order chi connectivity index (χ1) is 8.90. The maximum atomic E-state index is 11.2. The van der Waals surface area contributed by atoms with Crippen molar-refractivity contribution in [2.24, 2.45) is 11.5 Å². The minimum Gasteiger partial charge on any atom is -0.479 e. The first kappa shape index (κ1) is 17.8. The molecule has 0 aromatic rings. The maximum Gasteiger partial charge on any atom is 0.338 e. The summed E-state index contributed by atoms with van der Waals surface area (Å²) in [5, 5.41) is 26.4. The third kappa shape index (κ3) is 7.73. The van der Waals surface area contributed by atoms with E-state index in [-0.39, 0.29) is 12.6 Å². The van der Waals surface area contributed by atoms with Crippen LogP contribution in [0.25, 0.3) is 0 Å². The first-order valence-corrected chi connectivity index (χ1v) is 6.11. The third-order valence-corrected chi connectivity index (χ3v) is 2.54. The third-order valence-electron chi connectivity index (χ3n) is 2.54. The minimum atomic E-state index is -2.18. The molecule has 0 fully saturated rings. The molecule has 3 unspecified atom stereocenters. The number of carbonyl (C=O) groups is 2. The molecule has 0 heterocycles. The molecule has 0 rings (SSSR count). The van der Waals surface area contributed by atoms with Gasteiger partial charge < -0.3 is 31.5 Å². The smallest absolute Gasteiger partial charge is 0.338 e. The van der Waals surface area contributed by atoms with Gasteiger partial charge in [-0.1, -0.05) is 0 Å². The number of rotatable bonds is 10. The summed E-state index contributed by atoms with van der Waals surface area (Å²) in [5.41, 5.74) is 11.1. The molecule has 7 N–H and O–H groups in total. The Hall–Kier alpha value is -1.22. The summed E-state index contributed by atoms with van der Waals surface area (Å²) in [4.78, 5) is 21.5. The number of carboxylic acids is 1. The molecule has 0 aliphatic heterocycles. The predicted octanol–water partition coefficient (Wildman–Crippen LogP) is -1.82. The molecule has 0 aliphatic carbocycles. The van der Waals surface area contributed by atoms with E-state index < -0.39 is 24.1 Å². The molecular formula is C11H22N2O6. The highest BCUT2D eigenvalue weighted by Gasteiger charge is 2.31. The first-order valence-electron chi connectivity index (χ1n) is 6.11. The van der Waals surface area contributed by atoms with E-state index in [2.05, 4.69) is 4.74 Å². The minimum absolute atomic E-state index is 0.0125. The Balaban J connectivity index is 3.77. The van der Waals surface area contributed by atoms with Crippen LogP contribution in [0.2, 0.25) is 0 Å². The Labute approximate surface area is 111 Å². The van der Waals surface area contributed by atoms with E-state index in [1.807, 2.05) is 0 Å². The van der Waals surface area contributed by atoms with E-state index in [9.17, 15) is 9.59 Å². The van der Waals surface area contributed by atoms with Gasteiger partial charge in [0.2, 0.25) is 0 Å². The van der Waals surface area contributed by atoms with Crippen molar-refractivity contribution in [3.63, 3.8) is 0 Å². The molecule has 19 heavy (non-hydrogen) atoms. The van der Waals surface area contributed by atoms with Crippen LogP contribution in [-0.2, 0) is 14.3 Å². The SMILES string of the molecule is NCCCC(N)CCCOC(=O)C(O)C(O)C(=O)O. The van der Waals surface area contributed by atoms with Crippen LogP contribution in [0.1, 0.15) is 25.7 Å². The summed E-state index contributed by atoms with van der Waals surface area (Å²) in [6.45, 7) is 0.584. The molecule has 0 aliphatic rings. The van der Waals surface area contributed by atoms with E-state index in [0.717, 1.165) is 12.8 Å². The lowest BCUT2D eigenvalue weighted by molar-refractivity contribution is -0.169. The number of aliphatic hydroxyl groups excluding tert-OH is 2. The highest BCUT2D eigenvalue weighted by molar-refractivity contribution is 5.84. The second kappa shape index (κ2) is 9.68. The molecule has 0 radical (unpaired) electrons. The van der Waals surface area contributed by atoms with E-state index in [1.165, 1.54) is 0 Å². The summed E-state index contributed by atoms with van der Waals surface area (Å²) in [7, 11) is 0. The van der Waals surface area contributed by atoms with Crippen molar-refractivity contribution in [2.45, 2.75) is 43.9 Å². The number of esters is 1. The van der Waals surface area contributed by atoms with Crippen LogP contribution >= 0.6 is 0 Å². The van der Waals surface area contributed by atoms with Gasteiger partial charge in [0.1, 0.15) is 0 Å². The summed E-state index contributed by atoms with van der Waals surface area (Å²) in [6.07, 6.45) is -1.53. The largest absolute Gasteiger partial charge is 0.479 e. The van der Waals surface area contributed by atoms with Crippen molar-refractivity contribution < 1.29 is 29.6 Å². The second-order valence-electron chi connectivity index (χ2n) is 4.23. The summed E-state index contributed by atoms with van der Waals surface area (Å²) >= 11 is 0. The highest BCUT2D eigenvalue weighted by Crippen LogP contribution is 2.03. The average Bonchev–Trinajstić information content (AvgIpc) is 2.38. The molecule has 8 nitrogen and oxygen atoms in total. The molecule has 0 amide bonds. The zero-order valence-corrected chi connectivity index (χ0v) is 10.7. The topological polar surface area (TPSA) is 156 Å². The number of carboxylic acid groups (broad SMARTS) is 1. The van der Waals surface area contributed by atoms with Gasteiger partial charge in [0.05, 0.1) is 6.61 Å². The number of carbonyl (C=O) groups excluding carboxylic acids is 1. The van der Waals surface area contributed by atoms with Gasteiger partial charge in [0, 0.05) is 6.04 Å². The van der Waals surface area contributed by atoms with Crippen molar-refractivity contribution >= 4 is 11.9 Å². The number of ether oxygens (including phenoxy) is 1. The number of hydrogen-bond donors (Lipinski definition) is 5. The van der Waals surface area contributed by atoms with Crippen LogP contribution in [0.3, 0.4) is 0 Å². The molecule has 3 atom stereocenters. The normalized spacial score (nSPS) is 15.6. The number of aliphatic hydroxyl groups is 2. The molecule has 112 valence electrons. The highest BCUT2D eigenvalue weighted by atomic mass is 16.5. The van der Waals surface area contributed by atoms with Crippen molar-refractivity contribution in [1.29, 1.82) is 0 Å². The monoisotopic (exact) mass is 278 g/mol. The van der Waals surface area contributed by atoms with Crippen molar-refractivity contribution in [3.8, 4) is 0 Å². The van der Waals surface area contributed by atoms with Gasteiger partial charge in [-0.25, -0.2) is 9.59 Å². The molecular weight excluding hydrogens is 256 g/mol. The molecule has 0 saturated heterocycles. The zero-order valence-electron chi connectivity index (χ0n) is 10.7. The lowest BCUT2D eigenvalue weighted by Crippen LogP contribution is -2.40. The summed E-state index contributed by atoms with van der Waals surface area (Å²) in [6, 6.07) is -0.0308. The molecule has 0 spiro atoms. The second-order valence-corrected chi connectivity index (χ2v) is 4.23. The lowest BCUT2D eigenvalue weighted by atomic mass is 10.1. The Morgan fingerprint density at radius 3 is 2.21 bits per heavy atom. The molecule has 0 aromatic heterocycles. The van der Waals surface area contributed by atoms with E-state index >= 15 is 0 Å². The summed E-state index contributed by atoms with van der Waals surface area (Å²) in [5.74, 6) is -2.85. The fraction of sp³-hybridized carbons (Fsp3) is 0.818. The predicted molar refractivity (Wildman–Crippen MR) is 66.1 cm³/mol. The van der Waals surface area contributed by atoms with Gasteiger partial charge >= 0.3 is 11.9 Å². The van der Waals surface area contributed by atoms with Gasteiger partial charge in [-0.05, 0) is 32.2 Å². The number of nitrogens with two attached hydrogens (primary N) is 2. The molecule has 0 aromatic carbocycles. The van der Waals surface area contributed by atoms with Crippen molar-refractivity contribution in [1.82, 2.24) is 0 Å². The lowest BCUT2D eigenvalue weighted by Gasteiger charge is -2.14. The molecule has 0 saturated carbocycles. The van der Waals surface area contributed by atoms with Crippen LogP contribution in [-0.4, -0.2) is 58.7 Å².